The zero-order chi connectivity index (χ0) is 15.4. The van der Waals surface area contributed by atoms with Gasteiger partial charge in [-0.1, -0.05) is 12.1 Å². The van der Waals surface area contributed by atoms with Gasteiger partial charge in [-0.3, -0.25) is 19.7 Å². The van der Waals surface area contributed by atoms with Gasteiger partial charge in [0.1, 0.15) is 11.2 Å². The molecule has 0 amide bonds. The summed E-state index contributed by atoms with van der Waals surface area (Å²) in [5.74, 6) is -0.976. The first-order valence-electron chi connectivity index (χ1n) is 6.57. The van der Waals surface area contributed by atoms with Crippen molar-refractivity contribution in [3.63, 3.8) is 0 Å². The van der Waals surface area contributed by atoms with Crippen molar-refractivity contribution in [1.29, 1.82) is 0 Å². The number of para-hydroxylation sites is 1. The highest BCUT2D eigenvalue weighted by atomic mass is 16.5. The normalized spacial score (nSPS) is 10.4. The van der Waals surface area contributed by atoms with Crippen LogP contribution in [0, 0.1) is 0 Å². The molecule has 0 unspecified atom stereocenters. The molecule has 6 heteroatoms. The van der Waals surface area contributed by atoms with Crippen LogP contribution in [0.4, 0.5) is 0 Å². The summed E-state index contributed by atoms with van der Waals surface area (Å²) in [7, 11) is 0. The average molecular weight is 293 g/mol. The smallest absolute Gasteiger partial charge is 0.340 e. The number of benzene rings is 1. The Kier molecular flexibility index (Phi) is 3.82. The van der Waals surface area contributed by atoms with Gasteiger partial charge in [-0.2, -0.15) is 0 Å². The average Bonchev–Trinajstić information content (AvgIpc) is 2.59. The lowest BCUT2D eigenvalue weighted by atomic mass is 10.2. The van der Waals surface area contributed by atoms with E-state index in [-0.39, 0.29) is 23.6 Å². The largest absolute Gasteiger partial charge is 0.454 e. The van der Waals surface area contributed by atoms with Crippen LogP contribution in [0.3, 0.4) is 0 Å². The summed E-state index contributed by atoms with van der Waals surface area (Å²) in [5.41, 5.74) is 1.57. The number of hydrogen-bond acceptors (Lipinski definition) is 6. The first-order valence-corrected chi connectivity index (χ1v) is 6.57. The third-order valence-corrected chi connectivity index (χ3v) is 3.00. The number of ketones is 1. The van der Waals surface area contributed by atoms with Crippen LogP contribution in [-0.2, 0) is 4.74 Å². The lowest BCUT2D eigenvalue weighted by molar-refractivity contribution is 0.0475. The van der Waals surface area contributed by atoms with Gasteiger partial charge in [0, 0.05) is 18.6 Å². The Balaban J connectivity index is 1.76. The van der Waals surface area contributed by atoms with Gasteiger partial charge < -0.3 is 4.74 Å². The maximum Gasteiger partial charge on any atom is 0.340 e. The van der Waals surface area contributed by atoms with Gasteiger partial charge in [-0.05, 0) is 24.3 Å². The second-order valence-corrected chi connectivity index (χ2v) is 4.44. The number of fused-ring (bicyclic) bond motifs is 1. The van der Waals surface area contributed by atoms with Crippen molar-refractivity contribution in [3.8, 4) is 0 Å². The predicted octanol–water partition coefficient (Wildman–Crippen LogP) is 2.06. The van der Waals surface area contributed by atoms with E-state index in [0.717, 1.165) is 0 Å². The van der Waals surface area contributed by atoms with Crippen molar-refractivity contribution < 1.29 is 14.3 Å². The molecular weight excluding hydrogens is 282 g/mol. The molecule has 0 aliphatic heterocycles. The number of aromatic nitrogens is 3. The van der Waals surface area contributed by atoms with E-state index in [9.17, 15) is 9.59 Å². The summed E-state index contributed by atoms with van der Waals surface area (Å²) < 4.78 is 5.06. The van der Waals surface area contributed by atoms with Crippen LogP contribution in [0.1, 0.15) is 20.8 Å². The topological polar surface area (TPSA) is 82.0 Å². The maximum atomic E-state index is 12.1. The summed E-state index contributed by atoms with van der Waals surface area (Å²) in [5, 5.41) is 0. The minimum atomic E-state index is -0.615. The van der Waals surface area contributed by atoms with Gasteiger partial charge in [0.25, 0.3) is 0 Å². The van der Waals surface area contributed by atoms with E-state index in [1.165, 1.54) is 12.4 Å². The van der Waals surface area contributed by atoms with E-state index in [0.29, 0.717) is 11.0 Å². The number of Topliss-reactive ketones (excluding diaryl/α,β-unsaturated/α-hetero) is 1. The highest BCUT2D eigenvalue weighted by Crippen LogP contribution is 2.14. The molecule has 0 saturated carbocycles. The van der Waals surface area contributed by atoms with E-state index in [1.54, 1.807) is 42.6 Å². The molecule has 2 aromatic heterocycles. The highest BCUT2D eigenvalue weighted by molar-refractivity contribution is 6.03. The molecule has 2 heterocycles. The number of carbonyl (C=O) groups excluding carboxylic acids is 2. The first-order chi connectivity index (χ1) is 10.8. The molecule has 0 fully saturated rings. The van der Waals surface area contributed by atoms with Gasteiger partial charge in [-0.15, -0.1) is 0 Å². The lowest BCUT2D eigenvalue weighted by Gasteiger charge is -2.05. The Labute approximate surface area is 125 Å². The fraction of sp³-hybridized carbons (Fsp3) is 0.0625. The summed E-state index contributed by atoms with van der Waals surface area (Å²) >= 11 is 0. The Morgan fingerprint density at radius 2 is 1.77 bits per heavy atom. The minimum absolute atomic E-state index is 0.257. The van der Waals surface area contributed by atoms with Crippen molar-refractivity contribution in [2.24, 2.45) is 0 Å². The molecule has 0 radical (unpaired) electrons. The molecule has 0 aliphatic rings. The van der Waals surface area contributed by atoms with E-state index >= 15 is 0 Å². The fourth-order valence-corrected chi connectivity index (χ4v) is 1.97. The zero-order valence-corrected chi connectivity index (χ0v) is 11.5. The monoisotopic (exact) mass is 293 g/mol. The summed E-state index contributed by atoms with van der Waals surface area (Å²) in [6.45, 7) is -0.369. The number of nitrogens with zero attached hydrogens (tertiary/aromatic N) is 3. The number of hydrogen-bond donors (Lipinski definition) is 0. The Morgan fingerprint density at radius 1 is 0.909 bits per heavy atom. The third-order valence-electron chi connectivity index (χ3n) is 3.00. The third kappa shape index (κ3) is 2.80. The van der Waals surface area contributed by atoms with Gasteiger partial charge in [-0.25, -0.2) is 4.79 Å². The number of pyridine rings is 1. The molecule has 0 N–H and O–H groups in total. The minimum Gasteiger partial charge on any atom is -0.454 e. The quantitative estimate of drug-likeness (QED) is 0.541. The summed E-state index contributed by atoms with van der Waals surface area (Å²) in [6.07, 6.45) is 4.55. The standard InChI is InChI=1S/C16H11N3O3/c20-14(12-5-1-2-7-17-12)10-22-16(21)11-4-3-6-13-15(11)19-9-8-18-13/h1-9H,10H2. The van der Waals surface area contributed by atoms with Crippen LogP contribution in [0.15, 0.2) is 55.0 Å². The zero-order valence-electron chi connectivity index (χ0n) is 11.5. The van der Waals surface area contributed by atoms with Gasteiger partial charge >= 0.3 is 5.97 Å². The van der Waals surface area contributed by atoms with E-state index in [4.69, 9.17) is 4.74 Å². The molecule has 0 saturated heterocycles. The molecule has 1 aromatic carbocycles. The Morgan fingerprint density at radius 3 is 2.59 bits per heavy atom. The van der Waals surface area contributed by atoms with Crippen LogP contribution < -0.4 is 0 Å². The maximum absolute atomic E-state index is 12.1. The van der Waals surface area contributed by atoms with Crippen molar-refractivity contribution in [2.45, 2.75) is 0 Å². The van der Waals surface area contributed by atoms with Crippen LogP contribution >= 0.6 is 0 Å². The molecule has 3 aromatic rings. The van der Waals surface area contributed by atoms with Crippen molar-refractivity contribution >= 4 is 22.8 Å². The second-order valence-electron chi connectivity index (χ2n) is 4.44. The predicted molar refractivity (Wildman–Crippen MR) is 78.4 cm³/mol. The number of rotatable bonds is 4. The number of ether oxygens (including phenoxy) is 1. The van der Waals surface area contributed by atoms with Gasteiger partial charge in [0.15, 0.2) is 6.61 Å². The molecular formula is C16H11N3O3. The number of esters is 1. The van der Waals surface area contributed by atoms with E-state index in [1.807, 2.05) is 0 Å². The molecule has 108 valence electrons. The van der Waals surface area contributed by atoms with Crippen molar-refractivity contribution in [1.82, 2.24) is 15.0 Å². The molecule has 6 nitrogen and oxygen atoms in total. The van der Waals surface area contributed by atoms with Crippen LogP contribution in [0.5, 0.6) is 0 Å². The lowest BCUT2D eigenvalue weighted by Crippen LogP contribution is -2.15. The highest BCUT2D eigenvalue weighted by Gasteiger charge is 2.15. The van der Waals surface area contributed by atoms with Crippen molar-refractivity contribution in [3.05, 3.63) is 66.2 Å². The van der Waals surface area contributed by atoms with Crippen molar-refractivity contribution in [2.75, 3.05) is 6.61 Å². The van der Waals surface area contributed by atoms with Crippen LogP contribution in [-0.4, -0.2) is 33.3 Å². The molecule has 0 bridgehead atoms. The van der Waals surface area contributed by atoms with E-state index < -0.39 is 5.97 Å². The molecule has 3 rings (SSSR count). The summed E-state index contributed by atoms with van der Waals surface area (Å²) in [4.78, 5) is 36.2. The first kappa shape index (κ1) is 13.8. The van der Waals surface area contributed by atoms with Gasteiger partial charge in [0.05, 0.1) is 11.1 Å². The van der Waals surface area contributed by atoms with Crippen LogP contribution in [0.2, 0.25) is 0 Å². The molecule has 0 aliphatic carbocycles. The molecule has 0 atom stereocenters. The molecule has 22 heavy (non-hydrogen) atoms. The Hall–Kier alpha value is -3.15. The number of carbonyl (C=O) groups is 2. The summed E-state index contributed by atoms with van der Waals surface area (Å²) in [6, 6.07) is 10.00. The molecule has 0 spiro atoms. The van der Waals surface area contributed by atoms with Crippen LogP contribution in [0.25, 0.3) is 11.0 Å². The Bertz CT molecular complexity index is 829. The van der Waals surface area contributed by atoms with E-state index in [2.05, 4.69) is 15.0 Å². The second kappa shape index (κ2) is 6.09. The fourth-order valence-electron chi connectivity index (χ4n) is 1.97. The SMILES string of the molecule is O=C(COC(=O)c1cccc2nccnc12)c1ccccn1. The van der Waals surface area contributed by atoms with Gasteiger partial charge in [0.2, 0.25) is 5.78 Å².